The Balaban J connectivity index is 1.80. The number of rotatable bonds is 4. The molecule has 3 aliphatic rings. The maximum atomic E-state index is 10.6. The molecule has 31 heavy (non-hydrogen) atoms. The highest BCUT2D eigenvalue weighted by Gasteiger charge is 2.52. The Morgan fingerprint density at radius 1 is 0.452 bits per heavy atom. The lowest BCUT2D eigenvalue weighted by Gasteiger charge is -2.47. The summed E-state index contributed by atoms with van der Waals surface area (Å²) >= 11 is 0. The molecule has 15 atom stereocenters. The summed E-state index contributed by atoms with van der Waals surface area (Å²) in [7, 11) is 0. The molecule has 182 valence electrons. The summed E-state index contributed by atoms with van der Waals surface area (Å²) in [5, 5.41) is 81.1. The maximum absolute atomic E-state index is 10.6. The Bertz CT molecular complexity index is 581. The zero-order chi connectivity index (χ0) is 23.2. The van der Waals surface area contributed by atoms with Crippen molar-refractivity contribution < 1.29 is 64.5 Å². The Labute approximate surface area is 178 Å². The molecule has 0 radical (unpaired) electrons. The van der Waals surface area contributed by atoms with Gasteiger partial charge in [-0.2, -0.15) is 0 Å². The van der Waals surface area contributed by atoms with E-state index < -0.39 is 92.1 Å². The van der Waals surface area contributed by atoms with E-state index in [1.807, 2.05) is 0 Å². The molecule has 0 aromatic carbocycles. The summed E-state index contributed by atoms with van der Waals surface area (Å²) in [4.78, 5) is 0. The minimum absolute atomic E-state index is 0.903. The van der Waals surface area contributed by atoms with Crippen molar-refractivity contribution in [2.75, 3.05) is 0 Å². The third-order valence-corrected chi connectivity index (χ3v) is 5.98. The quantitative estimate of drug-likeness (QED) is 0.201. The molecule has 0 aliphatic carbocycles. The fourth-order valence-corrected chi connectivity index (χ4v) is 3.87. The van der Waals surface area contributed by atoms with E-state index in [1.54, 1.807) is 0 Å². The van der Waals surface area contributed by atoms with E-state index in [1.165, 1.54) is 20.8 Å². The Kier molecular flexibility index (Phi) is 7.91. The number of hydrogen-bond donors (Lipinski definition) is 8. The number of hydrogen-bond acceptors (Lipinski definition) is 13. The van der Waals surface area contributed by atoms with Gasteiger partial charge in [0.25, 0.3) is 0 Å². The first-order valence-electron chi connectivity index (χ1n) is 10.2. The van der Waals surface area contributed by atoms with Crippen molar-refractivity contribution >= 4 is 0 Å². The Hall–Kier alpha value is -0.520. The van der Waals surface area contributed by atoms with Gasteiger partial charge in [-0.15, -0.1) is 0 Å². The summed E-state index contributed by atoms with van der Waals surface area (Å²) in [5.41, 5.74) is 0. The SMILES string of the molecule is C[C@@H]1O[C@@H](O[C@H]2[C@H](O[C@@H]3[C@@H](O)[C@H](C)O[C@@H](O)[C@@H]3O)O[C@@H](C)[C@H](O)[C@H]2O)[C@H](O)[C@H](O)[C@H]1O. The molecule has 3 fully saturated rings. The lowest BCUT2D eigenvalue weighted by atomic mass is 9.97. The minimum atomic E-state index is -1.70. The predicted octanol–water partition coefficient (Wildman–Crippen LogP) is -4.49. The molecule has 0 bridgehead atoms. The molecule has 0 unspecified atom stereocenters. The van der Waals surface area contributed by atoms with Crippen LogP contribution in [0.4, 0.5) is 0 Å². The van der Waals surface area contributed by atoms with Crippen LogP contribution in [0.3, 0.4) is 0 Å². The maximum Gasteiger partial charge on any atom is 0.187 e. The zero-order valence-electron chi connectivity index (χ0n) is 17.3. The van der Waals surface area contributed by atoms with Gasteiger partial charge in [-0.3, -0.25) is 0 Å². The molecule has 0 saturated carbocycles. The molecular weight excluding hydrogens is 424 g/mol. The number of aliphatic hydroxyl groups is 8. The fraction of sp³-hybridized carbons (Fsp3) is 1.00. The second kappa shape index (κ2) is 9.77. The van der Waals surface area contributed by atoms with Crippen molar-refractivity contribution in [1.29, 1.82) is 0 Å². The van der Waals surface area contributed by atoms with Gasteiger partial charge in [0.2, 0.25) is 0 Å². The van der Waals surface area contributed by atoms with Gasteiger partial charge in [0.1, 0.15) is 54.9 Å². The van der Waals surface area contributed by atoms with Gasteiger partial charge in [-0.1, -0.05) is 0 Å². The monoisotopic (exact) mass is 456 g/mol. The molecule has 8 N–H and O–H groups in total. The fourth-order valence-electron chi connectivity index (χ4n) is 3.87. The molecule has 3 heterocycles. The highest BCUT2D eigenvalue weighted by atomic mass is 16.8. The first-order chi connectivity index (χ1) is 14.4. The average molecular weight is 456 g/mol. The molecule has 3 rings (SSSR count). The lowest BCUT2D eigenvalue weighted by Crippen LogP contribution is -2.65. The Morgan fingerprint density at radius 3 is 1.55 bits per heavy atom. The third-order valence-electron chi connectivity index (χ3n) is 5.98. The molecule has 0 amide bonds. The van der Waals surface area contributed by atoms with Crippen molar-refractivity contribution in [3.63, 3.8) is 0 Å². The van der Waals surface area contributed by atoms with Gasteiger partial charge in [-0.05, 0) is 20.8 Å². The Morgan fingerprint density at radius 2 is 0.935 bits per heavy atom. The first-order valence-corrected chi connectivity index (χ1v) is 10.2. The van der Waals surface area contributed by atoms with Gasteiger partial charge in [0, 0.05) is 0 Å². The second-order valence-corrected chi connectivity index (χ2v) is 8.29. The highest BCUT2D eigenvalue weighted by molar-refractivity contribution is 4.94. The molecule has 0 aromatic heterocycles. The number of aliphatic hydroxyl groups excluding tert-OH is 8. The number of ether oxygens (including phenoxy) is 5. The highest BCUT2D eigenvalue weighted by Crippen LogP contribution is 2.32. The van der Waals surface area contributed by atoms with Crippen LogP contribution in [0.25, 0.3) is 0 Å². The first kappa shape index (κ1) is 25.1. The van der Waals surface area contributed by atoms with Crippen molar-refractivity contribution in [3.8, 4) is 0 Å². The van der Waals surface area contributed by atoms with E-state index >= 15 is 0 Å². The molecule has 13 nitrogen and oxygen atoms in total. The molecular formula is C18H32O13. The van der Waals surface area contributed by atoms with Crippen LogP contribution in [-0.4, -0.2) is 133 Å². The van der Waals surface area contributed by atoms with Crippen LogP contribution in [-0.2, 0) is 23.7 Å². The summed E-state index contributed by atoms with van der Waals surface area (Å²) in [6.07, 6.45) is -21.1. The van der Waals surface area contributed by atoms with Crippen LogP contribution in [0.2, 0.25) is 0 Å². The predicted molar refractivity (Wildman–Crippen MR) is 97.0 cm³/mol. The lowest BCUT2D eigenvalue weighted by molar-refractivity contribution is -0.382. The van der Waals surface area contributed by atoms with Gasteiger partial charge in [0.05, 0.1) is 18.3 Å². The summed E-state index contributed by atoms with van der Waals surface area (Å²) in [5.74, 6) is 0. The molecule has 0 aromatic rings. The van der Waals surface area contributed by atoms with E-state index in [4.69, 9.17) is 23.7 Å². The van der Waals surface area contributed by atoms with Gasteiger partial charge in [0.15, 0.2) is 18.9 Å². The summed E-state index contributed by atoms with van der Waals surface area (Å²) < 4.78 is 27.1. The van der Waals surface area contributed by atoms with Crippen LogP contribution in [0.1, 0.15) is 20.8 Å². The van der Waals surface area contributed by atoms with Crippen molar-refractivity contribution in [2.24, 2.45) is 0 Å². The molecule has 3 aliphatic heterocycles. The van der Waals surface area contributed by atoms with E-state index in [0.29, 0.717) is 0 Å². The van der Waals surface area contributed by atoms with Gasteiger partial charge < -0.3 is 64.5 Å². The second-order valence-electron chi connectivity index (χ2n) is 8.29. The topological polar surface area (TPSA) is 208 Å². The zero-order valence-corrected chi connectivity index (χ0v) is 17.3. The standard InChI is InChI=1S/C18H32O13/c1-4-7(19)10(22)12(24)17(28-4)31-15-11(23)8(20)5(2)29-18(15)30-14-9(21)6(3)27-16(26)13(14)25/h4-26H,1-3H3/t4-,5-,6-,7-,8-,9-,10+,11+,12+,13+,14+,15+,16+,17-,18-/m0/s1. The normalized spacial score (nSPS) is 56.4. The average Bonchev–Trinajstić information content (AvgIpc) is 2.72. The molecule has 13 heteroatoms. The summed E-state index contributed by atoms with van der Waals surface area (Å²) in [6, 6.07) is 0. The largest absolute Gasteiger partial charge is 0.388 e. The van der Waals surface area contributed by atoms with E-state index in [2.05, 4.69) is 0 Å². The minimum Gasteiger partial charge on any atom is -0.388 e. The van der Waals surface area contributed by atoms with Gasteiger partial charge in [-0.25, -0.2) is 0 Å². The van der Waals surface area contributed by atoms with Crippen molar-refractivity contribution in [1.82, 2.24) is 0 Å². The van der Waals surface area contributed by atoms with Gasteiger partial charge >= 0.3 is 0 Å². The smallest absolute Gasteiger partial charge is 0.187 e. The van der Waals surface area contributed by atoms with Crippen LogP contribution in [0, 0.1) is 0 Å². The van der Waals surface area contributed by atoms with Crippen LogP contribution in [0.15, 0.2) is 0 Å². The van der Waals surface area contributed by atoms with Crippen molar-refractivity contribution in [2.45, 2.75) is 113 Å². The van der Waals surface area contributed by atoms with E-state index in [0.717, 1.165) is 0 Å². The van der Waals surface area contributed by atoms with E-state index in [-0.39, 0.29) is 0 Å². The van der Waals surface area contributed by atoms with E-state index in [9.17, 15) is 40.9 Å². The van der Waals surface area contributed by atoms with Crippen LogP contribution < -0.4 is 0 Å². The van der Waals surface area contributed by atoms with Crippen LogP contribution >= 0.6 is 0 Å². The summed E-state index contributed by atoms with van der Waals surface area (Å²) in [6.45, 7) is 4.34. The van der Waals surface area contributed by atoms with Crippen LogP contribution in [0.5, 0.6) is 0 Å². The molecule has 3 saturated heterocycles. The van der Waals surface area contributed by atoms with Crippen molar-refractivity contribution in [3.05, 3.63) is 0 Å². The third kappa shape index (κ3) is 4.89. The molecule has 0 spiro atoms.